The Bertz CT molecular complexity index is 498. The molecular formula is C11H11FN4O. The van der Waals surface area contributed by atoms with E-state index in [1.54, 1.807) is 23.1 Å². The van der Waals surface area contributed by atoms with Crippen molar-refractivity contribution in [2.24, 2.45) is 0 Å². The molecule has 0 fully saturated rings. The van der Waals surface area contributed by atoms with Gasteiger partial charge in [0, 0.05) is 18.9 Å². The van der Waals surface area contributed by atoms with Crippen molar-refractivity contribution in [2.75, 3.05) is 6.54 Å². The maximum atomic E-state index is 12.8. The first-order valence-corrected chi connectivity index (χ1v) is 5.14. The van der Waals surface area contributed by atoms with Crippen molar-refractivity contribution < 1.29 is 9.18 Å². The van der Waals surface area contributed by atoms with Gasteiger partial charge in [0.1, 0.15) is 5.69 Å². The highest BCUT2D eigenvalue weighted by Crippen LogP contribution is 1.97. The summed E-state index contributed by atoms with van der Waals surface area (Å²) >= 11 is 0. The molecule has 0 aliphatic rings. The molecule has 2 rings (SSSR count). The van der Waals surface area contributed by atoms with E-state index in [0.717, 1.165) is 0 Å². The van der Waals surface area contributed by atoms with Crippen molar-refractivity contribution in [3.8, 4) is 0 Å². The molecule has 0 aromatic carbocycles. The smallest absolute Gasteiger partial charge is 0.270 e. The van der Waals surface area contributed by atoms with Gasteiger partial charge in [0.05, 0.1) is 6.54 Å². The summed E-state index contributed by atoms with van der Waals surface area (Å²) in [6, 6.07) is 5.91. The zero-order chi connectivity index (χ0) is 12.1. The summed E-state index contributed by atoms with van der Waals surface area (Å²) in [7, 11) is 0. The lowest BCUT2D eigenvalue weighted by Crippen LogP contribution is -2.28. The summed E-state index contributed by atoms with van der Waals surface area (Å²) < 4.78 is 14.5. The van der Waals surface area contributed by atoms with Crippen LogP contribution in [0.2, 0.25) is 0 Å². The lowest BCUT2D eigenvalue weighted by Gasteiger charge is -2.04. The molecule has 1 N–H and O–H groups in total. The Morgan fingerprint density at radius 1 is 1.41 bits per heavy atom. The third kappa shape index (κ3) is 3.10. The van der Waals surface area contributed by atoms with Crippen molar-refractivity contribution in [1.29, 1.82) is 0 Å². The van der Waals surface area contributed by atoms with Gasteiger partial charge in [0.2, 0.25) is 5.95 Å². The lowest BCUT2D eigenvalue weighted by molar-refractivity contribution is 0.0946. The zero-order valence-corrected chi connectivity index (χ0v) is 9.01. The number of rotatable bonds is 4. The molecule has 0 radical (unpaired) electrons. The topological polar surface area (TPSA) is 59.8 Å². The molecule has 0 saturated heterocycles. The Hall–Kier alpha value is -2.24. The molecule has 5 nitrogen and oxygen atoms in total. The van der Waals surface area contributed by atoms with Crippen LogP contribution in [0.5, 0.6) is 0 Å². The lowest BCUT2D eigenvalue weighted by atomic mass is 10.3. The number of nitrogens with zero attached hydrogens (tertiary/aromatic N) is 3. The van der Waals surface area contributed by atoms with Crippen molar-refractivity contribution in [3.05, 3.63) is 48.3 Å². The fraction of sp³-hybridized carbons (Fsp3) is 0.182. The second kappa shape index (κ2) is 5.20. The molecular weight excluding hydrogens is 223 g/mol. The first-order chi connectivity index (χ1) is 8.25. The van der Waals surface area contributed by atoms with E-state index < -0.39 is 11.9 Å². The minimum atomic E-state index is -0.662. The van der Waals surface area contributed by atoms with Crippen LogP contribution in [-0.4, -0.2) is 27.2 Å². The third-order valence-electron chi connectivity index (χ3n) is 2.13. The molecule has 0 unspecified atom stereocenters. The molecule has 1 amide bonds. The van der Waals surface area contributed by atoms with Crippen molar-refractivity contribution in [3.63, 3.8) is 0 Å². The average Bonchev–Trinajstić information content (AvgIpc) is 2.82. The molecule has 6 heteroatoms. The number of halogens is 1. The predicted molar refractivity (Wildman–Crippen MR) is 58.8 cm³/mol. The maximum absolute atomic E-state index is 12.8. The summed E-state index contributed by atoms with van der Waals surface area (Å²) in [5.41, 5.74) is 0.0745. The van der Waals surface area contributed by atoms with Crippen LogP contribution in [0.25, 0.3) is 0 Å². The number of pyridine rings is 1. The highest BCUT2D eigenvalue weighted by molar-refractivity contribution is 5.92. The van der Waals surface area contributed by atoms with E-state index in [1.165, 1.54) is 18.2 Å². The monoisotopic (exact) mass is 234 g/mol. The van der Waals surface area contributed by atoms with Gasteiger partial charge in [-0.25, -0.2) is 4.98 Å². The molecule has 2 aromatic heterocycles. The van der Waals surface area contributed by atoms with Crippen LogP contribution in [0.3, 0.4) is 0 Å². The van der Waals surface area contributed by atoms with E-state index in [0.29, 0.717) is 13.1 Å². The SMILES string of the molecule is O=C(NCCn1cccn1)c1cccc(F)n1. The molecule has 0 aliphatic carbocycles. The third-order valence-corrected chi connectivity index (χ3v) is 2.13. The summed E-state index contributed by atoms with van der Waals surface area (Å²) in [5.74, 6) is -1.05. The molecule has 0 saturated carbocycles. The van der Waals surface area contributed by atoms with Gasteiger partial charge in [-0.1, -0.05) is 6.07 Å². The van der Waals surface area contributed by atoms with Gasteiger partial charge in [-0.15, -0.1) is 0 Å². The van der Waals surface area contributed by atoms with Crippen LogP contribution in [0, 0.1) is 5.95 Å². The van der Waals surface area contributed by atoms with Gasteiger partial charge in [0.25, 0.3) is 5.91 Å². The van der Waals surface area contributed by atoms with E-state index in [1.807, 2.05) is 0 Å². The number of hydrogen-bond acceptors (Lipinski definition) is 3. The molecule has 2 heterocycles. The van der Waals surface area contributed by atoms with Crippen molar-refractivity contribution >= 4 is 5.91 Å². The van der Waals surface area contributed by atoms with E-state index in [4.69, 9.17) is 0 Å². The van der Waals surface area contributed by atoms with Gasteiger partial charge >= 0.3 is 0 Å². The zero-order valence-electron chi connectivity index (χ0n) is 9.01. The second-order valence-corrected chi connectivity index (χ2v) is 3.37. The fourth-order valence-corrected chi connectivity index (χ4v) is 1.34. The summed E-state index contributed by atoms with van der Waals surface area (Å²) in [5, 5.41) is 6.63. The Morgan fingerprint density at radius 3 is 3.00 bits per heavy atom. The van der Waals surface area contributed by atoms with Gasteiger partial charge in [0.15, 0.2) is 0 Å². The highest BCUT2D eigenvalue weighted by atomic mass is 19.1. The van der Waals surface area contributed by atoms with E-state index >= 15 is 0 Å². The number of carbonyl (C=O) groups is 1. The number of amides is 1. The Balaban J connectivity index is 1.85. The summed E-state index contributed by atoms with van der Waals surface area (Å²) in [6.07, 6.45) is 3.46. The largest absolute Gasteiger partial charge is 0.349 e. The maximum Gasteiger partial charge on any atom is 0.270 e. The first kappa shape index (κ1) is 11.3. The quantitative estimate of drug-likeness (QED) is 0.798. The Kier molecular flexibility index (Phi) is 3.44. The van der Waals surface area contributed by atoms with E-state index in [-0.39, 0.29) is 5.69 Å². The predicted octanol–water partition coefficient (Wildman–Crippen LogP) is 0.847. The molecule has 88 valence electrons. The van der Waals surface area contributed by atoms with Crippen LogP contribution in [-0.2, 0) is 6.54 Å². The average molecular weight is 234 g/mol. The minimum absolute atomic E-state index is 0.0745. The molecule has 2 aromatic rings. The van der Waals surface area contributed by atoms with Crippen LogP contribution in [0.4, 0.5) is 4.39 Å². The fourth-order valence-electron chi connectivity index (χ4n) is 1.34. The Labute approximate surface area is 97.3 Å². The summed E-state index contributed by atoms with van der Waals surface area (Å²) in [4.78, 5) is 15.0. The van der Waals surface area contributed by atoms with Gasteiger partial charge < -0.3 is 5.32 Å². The molecule has 0 atom stereocenters. The number of carbonyl (C=O) groups excluding carboxylic acids is 1. The first-order valence-electron chi connectivity index (χ1n) is 5.14. The summed E-state index contributed by atoms with van der Waals surface area (Å²) in [6.45, 7) is 0.979. The Morgan fingerprint density at radius 2 is 2.29 bits per heavy atom. The number of aromatic nitrogens is 3. The van der Waals surface area contributed by atoms with Crippen molar-refractivity contribution in [1.82, 2.24) is 20.1 Å². The van der Waals surface area contributed by atoms with Gasteiger partial charge in [-0.3, -0.25) is 9.48 Å². The van der Waals surface area contributed by atoms with E-state index in [9.17, 15) is 9.18 Å². The van der Waals surface area contributed by atoms with Crippen LogP contribution in [0.15, 0.2) is 36.7 Å². The van der Waals surface area contributed by atoms with Crippen molar-refractivity contribution in [2.45, 2.75) is 6.54 Å². The molecule has 0 bridgehead atoms. The van der Waals surface area contributed by atoms with Crippen LogP contribution in [0.1, 0.15) is 10.5 Å². The van der Waals surface area contributed by atoms with E-state index in [2.05, 4.69) is 15.4 Å². The number of hydrogen-bond donors (Lipinski definition) is 1. The minimum Gasteiger partial charge on any atom is -0.349 e. The van der Waals surface area contributed by atoms with Crippen LogP contribution >= 0.6 is 0 Å². The van der Waals surface area contributed by atoms with Crippen LogP contribution < -0.4 is 5.32 Å². The molecule has 0 aliphatic heterocycles. The number of nitrogens with one attached hydrogen (secondary N) is 1. The normalized spacial score (nSPS) is 10.2. The van der Waals surface area contributed by atoms with Gasteiger partial charge in [-0.2, -0.15) is 9.49 Å². The van der Waals surface area contributed by atoms with Gasteiger partial charge in [-0.05, 0) is 18.2 Å². The highest BCUT2D eigenvalue weighted by Gasteiger charge is 2.06. The molecule has 17 heavy (non-hydrogen) atoms. The standard InChI is InChI=1S/C11H11FN4O/c12-10-4-1-3-9(15-10)11(17)13-6-8-16-7-2-5-14-16/h1-5,7H,6,8H2,(H,13,17). The molecule has 0 spiro atoms. The second-order valence-electron chi connectivity index (χ2n) is 3.37.